The van der Waals surface area contributed by atoms with Gasteiger partial charge in [-0.3, -0.25) is 14.4 Å². The molecule has 0 aromatic rings. The summed E-state index contributed by atoms with van der Waals surface area (Å²) in [7, 11) is 0. The summed E-state index contributed by atoms with van der Waals surface area (Å²) in [5.74, 6) is 0.866. The third kappa shape index (κ3) is 53.8. The van der Waals surface area contributed by atoms with Crippen molar-refractivity contribution in [2.75, 3.05) is 13.2 Å². The molecule has 0 radical (unpaired) electrons. The van der Waals surface area contributed by atoms with E-state index in [4.69, 9.17) is 14.2 Å². The predicted octanol–water partition coefficient (Wildman–Crippen LogP) is 20.4. The Kier molecular flexibility index (Phi) is 53.5. The maximum atomic E-state index is 12.8. The van der Waals surface area contributed by atoms with Gasteiger partial charge in [0.05, 0.1) is 0 Å². The summed E-state index contributed by atoms with van der Waals surface area (Å²) in [6, 6.07) is 0. The van der Waals surface area contributed by atoms with Crippen LogP contribution in [-0.4, -0.2) is 37.2 Å². The van der Waals surface area contributed by atoms with Crippen molar-refractivity contribution in [1.29, 1.82) is 0 Å². The minimum atomic E-state index is -0.763. The number of hydrogen-bond donors (Lipinski definition) is 0. The molecule has 2 atom stereocenters. The summed E-state index contributed by atoms with van der Waals surface area (Å²) < 4.78 is 16.9. The molecular weight excluding hydrogens is 841 g/mol. The minimum absolute atomic E-state index is 0.0628. The molecule has 0 saturated carbocycles. The molecule has 0 amide bonds. The number of unbranched alkanes of at least 4 members (excludes halogenated alkanes) is 40. The van der Waals surface area contributed by atoms with Gasteiger partial charge >= 0.3 is 17.9 Å². The highest BCUT2D eigenvalue weighted by Gasteiger charge is 2.19. The van der Waals surface area contributed by atoms with Crippen LogP contribution in [0.15, 0.2) is 0 Å². The van der Waals surface area contributed by atoms with Crippen LogP contribution in [0.5, 0.6) is 0 Å². The van der Waals surface area contributed by atoms with Crippen LogP contribution in [0.25, 0.3) is 0 Å². The number of ether oxygens (including phenoxy) is 3. The number of rotatable bonds is 56. The van der Waals surface area contributed by atoms with Crippen LogP contribution in [0, 0.1) is 11.8 Å². The van der Waals surface area contributed by atoms with Crippen LogP contribution in [0.4, 0.5) is 0 Å². The van der Waals surface area contributed by atoms with Crippen LogP contribution in [0.1, 0.15) is 349 Å². The second kappa shape index (κ2) is 54.7. The maximum absolute atomic E-state index is 12.8. The molecule has 0 heterocycles. The summed E-state index contributed by atoms with van der Waals surface area (Å²) in [5.41, 5.74) is 0. The first kappa shape index (κ1) is 66.4. The predicted molar refractivity (Wildman–Crippen MR) is 293 cm³/mol. The van der Waals surface area contributed by atoms with Crippen molar-refractivity contribution in [2.45, 2.75) is 355 Å². The van der Waals surface area contributed by atoms with Gasteiger partial charge in [-0.15, -0.1) is 0 Å². The molecule has 0 saturated heterocycles. The number of esters is 3. The molecule has 6 nitrogen and oxygen atoms in total. The van der Waals surface area contributed by atoms with Crippen molar-refractivity contribution in [3.63, 3.8) is 0 Å². The topological polar surface area (TPSA) is 78.9 Å². The molecule has 404 valence electrons. The van der Waals surface area contributed by atoms with E-state index in [1.807, 2.05) is 0 Å². The summed E-state index contributed by atoms with van der Waals surface area (Å²) in [5, 5.41) is 0. The molecule has 0 aliphatic carbocycles. The molecule has 0 aliphatic heterocycles. The fourth-order valence-electron chi connectivity index (χ4n) is 9.55. The Morgan fingerprint density at radius 3 is 0.838 bits per heavy atom. The SMILES string of the molecule is CCCCCCCCCCCCCCCCCCCC(=O)OC[C@@H](COC(=O)CCCCCCCCCCCCCCCCCCCCC(C)C)OC(=O)CCCCCCCCCCC(C)CC. The monoisotopic (exact) mass is 961 g/mol. The van der Waals surface area contributed by atoms with Gasteiger partial charge in [0.1, 0.15) is 13.2 Å². The molecular formula is C62H120O6. The molecule has 0 aliphatic rings. The molecule has 0 spiro atoms. The zero-order chi connectivity index (χ0) is 49.6. The lowest BCUT2D eigenvalue weighted by Crippen LogP contribution is -2.30. The highest BCUT2D eigenvalue weighted by atomic mass is 16.6. The minimum Gasteiger partial charge on any atom is -0.462 e. The Morgan fingerprint density at radius 1 is 0.309 bits per heavy atom. The molecule has 0 aromatic carbocycles. The molecule has 0 fully saturated rings. The lowest BCUT2D eigenvalue weighted by atomic mass is 9.99. The molecule has 0 aromatic heterocycles. The van der Waals surface area contributed by atoms with Crippen molar-refractivity contribution >= 4 is 17.9 Å². The third-order valence-electron chi connectivity index (χ3n) is 14.6. The number of carbonyl (C=O) groups excluding carboxylic acids is 3. The molecule has 1 unspecified atom stereocenters. The van der Waals surface area contributed by atoms with Crippen LogP contribution < -0.4 is 0 Å². The lowest BCUT2D eigenvalue weighted by molar-refractivity contribution is -0.167. The second-order valence-electron chi connectivity index (χ2n) is 22.1. The molecule has 0 N–H and O–H groups in total. The van der Waals surface area contributed by atoms with Crippen molar-refractivity contribution in [1.82, 2.24) is 0 Å². The van der Waals surface area contributed by atoms with Crippen LogP contribution in [0.2, 0.25) is 0 Å². The smallest absolute Gasteiger partial charge is 0.306 e. The summed E-state index contributed by atoms with van der Waals surface area (Å²) in [4.78, 5) is 38.2. The Balaban J connectivity index is 4.23. The molecule has 6 heteroatoms. The van der Waals surface area contributed by atoms with E-state index >= 15 is 0 Å². The van der Waals surface area contributed by atoms with Gasteiger partial charge in [-0.25, -0.2) is 0 Å². The lowest BCUT2D eigenvalue weighted by Gasteiger charge is -2.18. The largest absolute Gasteiger partial charge is 0.462 e. The normalized spacial score (nSPS) is 12.4. The van der Waals surface area contributed by atoms with E-state index in [0.717, 1.165) is 69.6 Å². The Bertz CT molecular complexity index is 1040. The molecule has 0 rings (SSSR count). The van der Waals surface area contributed by atoms with Gasteiger partial charge in [0.2, 0.25) is 0 Å². The van der Waals surface area contributed by atoms with Gasteiger partial charge in [0.25, 0.3) is 0 Å². The van der Waals surface area contributed by atoms with E-state index in [9.17, 15) is 14.4 Å². The summed E-state index contributed by atoms with van der Waals surface area (Å²) in [6.07, 6.45) is 59.6. The average Bonchev–Trinajstić information content (AvgIpc) is 3.32. The van der Waals surface area contributed by atoms with Crippen molar-refractivity contribution in [3.05, 3.63) is 0 Å². The first-order chi connectivity index (χ1) is 33.3. The highest BCUT2D eigenvalue weighted by molar-refractivity contribution is 5.71. The van der Waals surface area contributed by atoms with Crippen molar-refractivity contribution in [3.8, 4) is 0 Å². The average molecular weight is 962 g/mol. The number of hydrogen-bond acceptors (Lipinski definition) is 6. The third-order valence-corrected chi connectivity index (χ3v) is 14.6. The quantitative estimate of drug-likeness (QED) is 0.0343. The first-order valence-corrected chi connectivity index (χ1v) is 30.8. The van der Waals surface area contributed by atoms with Crippen LogP contribution >= 0.6 is 0 Å². The second-order valence-corrected chi connectivity index (χ2v) is 22.1. The van der Waals surface area contributed by atoms with Gasteiger partial charge < -0.3 is 14.2 Å². The van der Waals surface area contributed by atoms with Gasteiger partial charge in [-0.1, -0.05) is 311 Å². The van der Waals surface area contributed by atoms with Gasteiger partial charge in [0, 0.05) is 19.3 Å². The standard InChI is InChI=1S/C62H120O6/c1-6-8-9-10-11-12-13-14-15-18-22-25-28-31-37-42-47-52-60(63)66-55-59(68-62(65)54-49-44-39-34-33-36-41-46-51-58(5)7-2)56-67-61(64)53-48-43-38-32-29-26-23-20-17-16-19-21-24-27-30-35-40-45-50-57(3)4/h57-59H,6-56H2,1-5H3/t58?,59-/m0/s1. The number of carbonyl (C=O) groups is 3. The highest BCUT2D eigenvalue weighted by Crippen LogP contribution is 2.19. The maximum Gasteiger partial charge on any atom is 0.306 e. The summed E-state index contributed by atoms with van der Waals surface area (Å²) >= 11 is 0. The zero-order valence-corrected chi connectivity index (χ0v) is 46.7. The van der Waals surface area contributed by atoms with E-state index in [0.29, 0.717) is 19.3 Å². The Morgan fingerprint density at radius 2 is 0.559 bits per heavy atom. The van der Waals surface area contributed by atoms with E-state index in [-0.39, 0.29) is 31.1 Å². The van der Waals surface area contributed by atoms with Gasteiger partial charge in [-0.2, -0.15) is 0 Å². The van der Waals surface area contributed by atoms with Gasteiger partial charge in [0.15, 0.2) is 6.10 Å². The molecule has 0 bridgehead atoms. The first-order valence-electron chi connectivity index (χ1n) is 30.8. The zero-order valence-electron chi connectivity index (χ0n) is 46.7. The van der Waals surface area contributed by atoms with E-state index in [2.05, 4.69) is 34.6 Å². The molecule has 68 heavy (non-hydrogen) atoms. The van der Waals surface area contributed by atoms with E-state index < -0.39 is 6.10 Å². The van der Waals surface area contributed by atoms with Crippen molar-refractivity contribution < 1.29 is 28.6 Å². The van der Waals surface area contributed by atoms with Crippen LogP contribution in [0.3, 0.4) is 0 Å². The summed E-state index contributed by atoms with van der Waals surface area (Å²) in [6.45, 7) is 11.4. The van der Waals surface area contributed by atoms with Crippen LogP contribution in [-0.2, 0) is 28.6 Å². The van der Waals surface area contributed by atoms with E-state index in [1.54, 1.807) is 0 Å². The van der Waals surface area contributed by atoms with Gasteiger partial charge in [-0.05, 0) is 31.1 Å². The fraction of sp³-hybridized carbons (Fsp3) is 0.952. The Labute approximate surface area is 425 Å². The fourth-order valence-corrected chi connectivity index (χ4v) is 9.55. The van der Waals surface area contributed by atoms with E-state index in [1.165, 1.54) is 238 Å². The Hall–Kier alpha value is -1.59. The van der Waals surface area contributed by atoms with Crippen molar-refractivity contribution in [2.24, 2.45) is 11.8 Å².